The zero-order valence-corrected chi connectivity index (χ0v) is 12.9. The van der Waals surface area contributed by atoms with Gasteiger partial charge in [0.2, 0.25) is 5.91 Å². The number of amides is 1. The van der Waals surface area contributed by atoms with Gasteiger partial charge in [-0.25, -0.2) is 4.79 Å². The maximum Gasteiger partial charge on any atom is 0.422 e. The van der Waals surface area contributed by atoms with Gasteiger partial charge in [0.15, 0.2) is 6.61 Å². The number of hydrogen-bond acceptors (Lipinski definition) is 4. The lowest BCUT2D eigenvalue weighted by molar-refractivity contribution is -0.153. The normalized spacial score (nSPS) is 16.8. The standard InChI is InChI=1S/C15H17F3N2O4/c1-2-3-4-9-13(21)20-12-8(19-9)5-6-10(11(12)14(22)23)24-7-15(16,17)18/h5-6,9,19H,2-4,7H2,1H3,(H,20,21)(H,22,23). The third kappa shape index (κ3) is 4.09. The second kappa shape index (κ2) is 6.98. The number of rotatable bonds is 6. The zero-order valence-electron chi connectivity index (χ0n) is 12.9. The van der Waals surface area contributed by atoms with Crippen molar-refractivity contribution in [1.82, 2.24) is 0 Å². The Labute approximate surface area is 136 Å². The number of carbonyl (C=O) groups excluding carboxylic acids is 1. The van der Waals surface area contributed by atoms with Crippen LogP contribution < -0.4 is 15.4 Å². The van der Waals surface area contributed by atoms with Crippen molar-refractivity contribution in [1.29, 1.82) is 0 Å². The van der Waals surface area contributed by atoms with Gasteiger partial charge in [-0.15, -0.1) is 0 Å². The van der Waals surface area contributed by atoms with Crippen molar-refractivity contribution in [2.45, 2.75) is 38.4 Å². The predicted octanol–water partition coefficient (Wildman–Crippen LogP) is 3.25. The van der Waals surface area contributed by atoms with Crippen LogP contribution in [0.1, 0.15) is 36.5 Å². The van der Waals surface area contributed by atoms with Crippen molar-refractivity contribution in [3.63, 3.8) is 0 Å². The highest BCUT2D eigenvalue weighted by atomic mass is 19.4. The number of hydrogen-bond donors (Lipinski definition) is 3. The summed E-state index contributed by atoms with van der Waals surface area (Å²) in [7, 11) is 0. The number of carbonyl (C=O) groups is 2. The lowest BCUT2D eigenvalue weighted by atomic mass is 10.0. The molecule has 24 heavy (non-hydrogen) atoms. The van der Waals surface area contributed by atoms with Crippen LogP contribution in [-0.2, 0) is 4.79 Å². The van der Waals surface area contributed by atoms with Crippen LogP contribution in [0.15, 0.2) is 12.1 Å². The molecule has 132 valence electrons. The lowest BCUT2D eigenvalue weighted by Gasteiger charge is -2.28. The van der Waals surface area contributed by atoms with Crippen molar-refractivity contribution in [2.24, 2.45) is 0 Å². The molecular weight excluding hydrogens is 329 g/mol. The molecule has 0 fully saturated rings. The van der Waals surface area contributed by atoms with Gasteiger partial charge in [-0.2, -0.15) is 13.2 Å². The summed E-state index contributed by atoms with van der Waals surface area (Å²) >= 11 is 0. The van der Waals surface area contributed by atoms with Crippen LogP contribution in [0.2, 0.25) is 0 Å². The minimum atomic E-state index is -4.60. The fourth-order valence-electron chi connectivity index (χ4n) is 2.40. The first-order chi connectivity index (χ1) is 11.2. The van der Waals surface area contributed by atoms with E-state index in [1.54, 1.807) is 0 Å². The van der Waals surface area contributed by atoms with Gasteiger partial charge in [0, 0.05) is 0 Å². The lowest BCUT2D eigenvalue weighted by Crippen LogP contribution is -2.39. The number of aromatic carboxylic acids is 1. The van der Waals surface area contributed by atoms with Gasteiger partial charge < -0.3 is 20.5 Å². The molecule has 0 spiro atoms. The zero-order chi connectivity index (χ0) is 17.9. The van der Waals surface area contributed by atoms with E-state index in [1.165, 1.54) is 6.07 Å². The molecule has 6 nitrogen and oxygen atoms in total. The molecule has 1 atom stereocenters. The molecule has 1 aliphatic heterocycles. The SMILES string of the molecule is CCCCC1Nc2ccc(OCC(F)(F)F)c(C(=O)O)c2NC1=O. The number of nitrogens with one attached hydrogen (secondary N) is 2. The van der Waals surface area contributed by atoms with Gasteiger partial charge in [0.25, 0.3) is 0 Å². The number of ether oxygens (including phenoxy) is 1. The van der Waals surface area contributed by atoms with E-state index >= 15 is 0 Å². The Kier molecular flexibility index (Phi) is 5.20. The van der Waals surface area contributed by atoms with Gasteiger partial charge in [-0.3, -0.25) is 4.79 Å². The van der Waals surface area contributed by atoms with Gasteiger partial charge in [-0.1, -0.05) is 19.8 Å². The van der Waals surface area contributed by atoms with Gasteiger partial charge in [-0.05, 0) is 18.6 Å². The highest BCUT2D eigenvalue weighted by Crippen LogP contribution is 2.37. The van der Waals surface area contributed by atoms with Crippen molar-refractivity contribution in [3.8, 4) is 5.75 Å². The van der Waals surface area contributed by atoms with Crippen LogP contribution in [-0.4, -0.2) is 35.8 Å². The first-order valence-corrected chi connectivity index (χ1v) is 7.40. The number of carboxylic acids is 1. The molecule has 1 heterocycles. The Morgan fingerprint density at radius 1 is 1.38 bits per heavy atom. The minimum absolute atomic E-state index is 0.0834. The minimum Gasteiger partial charge on any atom is -0.483 e. The summed E-state index contributed by atoms with van der Waals surface area (Å²) < 4.78 is 41.4. The fraction of sp³-hybridized carbons (Fsp3) is 0.467. The number of anilines is 2. The predicted molar refractivity (Wildman–Crippen MR) is 80.5 cm³/mol. The summed E-state index contributed by atoms with van der Waals surface area (Å²) in [6.07, 6.45) is -2.34. The van der Waals surface area contributed by atoms with Gasteiger partial charge in [0.1, 0.15) is 17.4 Å². The van der Waals surface area contributed by atoms with Crippen LogP contribution in [0.5, 0.6) is 5.75 Å². The second-order valence-corrected chi connectivity index (χ2v) is 5.40. The third-order valence-corrected chi connectivity index (χ3v) is 3.51. The van der Waals surface area contributed by atoms with Crippen LogP contribution in [0, 0.1) is 0 Å². The average molecular weight is 346 g/mol. The molecular formula is C15H17F3N2O4. The summed E-state index contributed by atoms with van der Waals surface area (Å²) in [4.78, 5) is 23.5. The molecule has 0 saturated heterocycles. The molecule has 1 aromatic rings. The molecule has 0 aliphatic carbocycles. The van der Waals surface area contributed by atoms with E-state index in [2.05, 4.69) is 15.4 Å². The fourth-order valence-corrected chi connectivity index (χ4v) is 2.40. The number of halogens is 3. The van der Waals surface area contributed by atoms with E-state index in [9.17, 15) is 27.9 Å². The molecule has 0 radical (unpaired) electrons. The molecule has 1 aliphatic rings. The number of fused-ring (bicyclic) bond motifs is 1. The molecule has 2 rings (SSSR count). The summed E-state index contributed by atoms with van der Waals surface area (Å²) in [5.74, 6) is -2.36. The highest BCUT2D eigenvalue weighted by Gasteiger charge is 2.33. The van der Waals surface area contributed by atoms with Crippen molar-refractivity contribution in [2.75, 3.05) is 17.2 Å². The molecule has 1 unspecified atom stereocenters. The van der Waals surface area contributed by atoms with E-state index in [0.717, 1.165) is 18.9 Å². The third-order valence-electron chi connectivity index (χ3n) is 3.51. The van der Waals surface area contributed by atoms with E-state index in [1.807, 2.05) is 6.92 Å². The van der Waals surface area contributed by atoms with E-state index < -0.39 is 42.0 Å². The van der Waals surface area contributed by atoms with Gasteiger partial charge in [0.05, 0.1) is 11.4 Å². The molecule has 0 bridgehead atoms. The van der Waals surface area contributed by atoms with Crippen LogP contribution in [0.3, 0.4) is 0 Å². The van der Waals surface area contributed by atoms with Gasteiger partial charge >= 0.3 is 12.1 Å². The number of carboxylic acid groups (broad SMARTS) is 1. The van der Waals surface area contributed by atoms with E-state index in [-0.39, 0.29) is 5.69 Å². The van der Waals surface area contributed by atoms with E-state index in [0.29, 0.717) is 12.1 Å². The quantitative estimate of drug-likeness (QED) is 0.736. The maximum atomic E-state index is 12.3. The maximum absolute atomic E-state index is 12.3. The Hall–Kier alpha value is -2.45. The largest absolute Gasteiger partial charge is 0.483 e. The van der Waals surface area contributed by atoms with Crippen molar-refractivity contribution in [3.05, 3.63) is 17.7 Å². The Bertz CT molecular complexity index is 646. The number of benzene rings is 1. The Morgan fingerprint density at radius 2 is 2.08 bits per heavy atom. The molecule has 9 heteroatoms. The Morgan fingerprint density at radius 3 is 2.67 bits per heavy atom. The smallest absolute Gasteiger partial charge is 0.422 e. The highest BCUT2D eigenvalue weighted by molar-refractivity contribution is 6.10. The molecule has 1 amide bonds. The molecule has 3 N–H and O–H groups in total. The molecule has 0 aromatic heterocycles. The van der Waals surface area contributed by atoms with Crippen LogP contribution >= 0.6 is 0 Å². The number of alkyl halides is 3. The Balaban J connectivity index is 2.32. The monoisotopic (exact) mass is 346 g/mol. The molecule has 1 aromatic carbocycles. The first-order valence-electron chi connectivity index (χ1n) is 7.40. The summed E-state index contributed by atoms with van der Waals surface area (Å²) in [6.45, 7) is 0.355. The van der Waals surface area contributed by atoms with E-state index in [4.69, 9.17) is 0 Å². The van der Waals surface area contributed by atoms with Crippen LogP contribution in [0.25, 0.3) is 0 Å². The first kappa shape index (κ1) is 17.9. The van der Waals surface area contributed by atoms with Crippen molar-refractivity contribution >= 4 is 23.3 Å². The average Bonchev–Trinajstić information content (AvgIpc) is 2.49. The summed E-state index contributed by atoms with van der Waals surface area (Å²) in [6, 6.07) is 2.03. The molecule has 0 saturated carbocycles. The number of unbranched alkanes of at least 4 members (excludes halogenated alkanes) is 1. The van der Waals surface area contributed by atoms with Crippen molar-refractivity contribution < 1.29 is 32.6 Å². The topological polar surface area (TPSA) is 87.7 Å². The summed E-state index contributed by atoms with van der Waals surface area (Å²) in [5, 5.41) is 14.7. The summed E-state index contributed by atoms with van der Waals surface area (Å²) in [5.41, 5.74) is -0.251. The van der Waals surface area contributed by atoms with Crippen LogP contribution in [0.4, 0.5) is 24.5 Å². The second-order valence-electron chi connectivity index (χ2n) is 5.40.